The molecule has 0 bridgehead atoms. The second-order valence-corrected chi connectivity index (χ2v) is 7.32. The number of nitrogens with zero attached hydrogens (tertiary/aromatic N) is 4. The van der Waals surface area contributed by atoms with E-state index in [1.54, 1.807) is 7.05 Å². The standard InChI is InChI=1S/C24H24N4O3/c1-16-8-7-11-21(22(16)28-23(30-4)25-27(3)24(28)29)15-31-26-17(2)19-13-12-18-9-5-6-10-20(18)14-19/h5-14H,15H2,1-4H3. The van der Waals surface area contributed by atoms with E-state index in [0.717, 1.165) is 27.8 Å². The minimum atomic E-state index is -0.289. The van der Waals surface area contributed by atoms with Gasteiger partial charge in [0.25, 0.3) is 0 Å². The number of ether oxygens (including phenoxy) is 1. The topological polar surface area (TPSA) is 70.6 Å². The molecule has 0 spiro atoms. The third-order valence-electron chi connectivity index (χ3n) is 5.21. The van der Waals surface area contributed by atoms with Crippen LogP contribution in [-0.4, -0.2) is 27.2 Å². The van der Waals surface area contributed by atoms with E-state index in [0.29, 0.717) is 5.69 Å². The van der Waals surface area contributed by atoms with Gasteiger partial charge in [0.15, 0.2) is 0 Å². The summed E-state index contributed by atoms with van der Waals surface area (Å²) in [5.74, 6) is 0. The summed E-state index contributed by atoms with van der Waals surface area (Å²) in [5, 5.41) is 10.8. The number of benzene rings is 3. The fraction of sp³-hybridized carbons (Fsp3) is 0.208. The molecule has 4 rings (SSSR count). The van der Waals surface area contributed by atoms with Crippen LogP contribution in [0.5, 0.6) is 6.01 Å². The van der Waals surface area contributed by atoms with Gasteiger partial charge in [-0.25, -0.2) is 14.0 Å². The summed E-state index contributed by atoms with van der Waals surface area (Å²) in [6, 6.07) is 20.4. The molecule has 31 heavy (non-hydrogen) atoms. The lowest BCUT2D eigenvalue weighted by atomic mass is 10.0. The molecule has 1 aromatic heterocycles. The Hall–Kier alpha value is -3.87. The number of hydrogen-bond donors (Lipinski definition) is 0. The Kier molecular flexibility index (Phi) is 5.58. The van der Waals surface area contributed by atoms with Crippen LogP contribution in [0.25, 0.3) is 16.5 Å². The van der Waals surface area contributed by atoms with Gasteiger partial charge in [-0.3, -0.25) is 0 Å². The Morgan fingerprint density at radius 3 is 2.61 bits per heavy atom. The van der Waals surface area contributed by atoms with Crippen molar-refractivity contribution in [2.75, 3.05) is 7.11 Å². The Morgan fingerprint density at radius 1 is 1.06 bits per heavy atom. The van der Waals surface area contributed by atoms with E-state index in [1.165, 1.54) is 21.7 Å². The Morgan fingerprint density at radius 2 is 1.84 bits per heavy atom. The summed E-state index contributed by atoms with van der Waals surface area (Å²) in [6.45, 7) is 4.05. The predicted octanol–water partition coefficient (Wildman–Crippen LogP) is 3.98. The van der Waals surface area contributed by atoms with Gasteiger partial charge in [0.2, 0.25) is 0 Å². The molecule has 158 valence electrons. The highest BCUT2D eigenvalue weighted by atomic mass is 16.6. The lowest BCUT2D eigenvalue weighted by molar-refractivity contribution is 0.130. The molecule has 0 unspecified atom stereocenters. The zero-order valence-electron chi connectivity index (χ0n) is 18.0. The number of aryl methyl sites for hydroxylation is 2. The second-order valence-electron chi connectivity index (χ2n) is 7.32. The van der Waals surface area contributed by atoms with Crippen LogP contribution in [0.15, 0.2) is 70.6 Å². The van der Waals surface area contributed by atoms with Crippen molar-refractivity contribution in [3.05, 3.63) is 87.8 Å². The van der Waals surface area contributed by atoms with Gasteiger partial charge < -0.3 is 9.57 Å². The minimum Gasteiger partial charge on any atom is -0.467 e. The molecule has 0 aliphatic heterocycles. The van der Waals surface area contributed by atoms with Crippen LogP contribution in [-0.2, 0) is 18.5 Å². The van der Waals surface area contributed by atoms with E-state index in [-0.39, 0.29) is 18.3 Å². The van der Waals surface area contributed by atoms with Crippen LogP contribution >= 0.6 is 0 Å². The molecule has 1 heterocycles. The number of fused-ring (bicyclic) bond motifs is 1. The number of hydrogen-bond acceptors (Lipinski definition) is 5. The van der Waals surface area contributed by atoms with Crippen molar-refractivity contribution in [3.63, 3.8) is 0 Å². The highest BCUT2D eigenvalue weighted by Crippen LogP contribution is 2.23. The normalized spacial score (nSPS) is 11.7. The first kappa shape index (κ1) is 20.4. The summed E-state index contributed by atoms with van der Waals surface area (Å²) in [4.78, 5) is 18.3. The van der Waals surface area contributed by atoms with E-state index < -0.39 is 0 Å². The monoisotopic (exact) mass is 416 g/mol. The summed E-state index contributed by atoms with van der Waals surface area (Å²) in [6.07, 6.45) is 0. The van der Waals surface area contributed by atoms with Crippen molar-refractivity contribution >= 4 is 16.5 Å². The molecule has 0 atom stereocenters. The number of para-hydroxylation sites is 1. The molecule has 0 radical (unpaired) electrons. The lowest BCUT2D eigenvalue weighted by Gasteiger charge is -2.13. The highest BCUT2D eigenvalue weighted by Gasteiger charge is 2.18. The van der Waals surface area contributed by atoms with Crippen molar-refractivity contribution in [2.45, 2.75) is 20.5 Å². The summed E-state index contributed by atoms with van der Waals surface area (Å²) < 4.78 is 8.01. The molecule has 4 aromatic rings. The van der Waals surface area contributed by atoms with Gasteiger partial charge in [-0.05, 0) is 41.8 Å². The fourth-order valence-corrected chi connectivity index (χ4v) is 3.59. The molecule has 7 heteroatoms. The lowest BCUT2D eigenvalue weighted by Crippen LogP contribution is -2.23. The van der Waals surface area contributed by atoms with Crippen LogP contribution in [0.3, 0.4) is 0 Å². The first-order valence-electron chi connectivity index (χ1n) is 9.94. The van der Waals surface area contributed by atoms with Gasteiger partial charge in [-0.15, -0.1) is 5.10 Å². The van der Waals surface area contributed by atoms with E-state index in [9.17, 15) is 4.79 Å². The SMILES string of the molecule is COc1nn(C)c(=O)n1-c1c(C)cccc1CON=C(C)c1ccc2ccccc2c1. The molecule has 3 aromatic carbocycles. The molecule has 0 saturated carbocycles. The third-order valence-corrected chi connectivity index (χ3v) is 5.21. The molecule has 0 N–H and O–H groups in total. The van der Waals surface area contributed by atoms with E-state index in [4.69, 9.17) is 9.57 Å². The van der Waals surface area contributed by atoms with E-state index in [1.807, 2.05) is 50.2 Å². The Bertz CT molecular complexity index is 1330. The average Bonchev–Trinajstić information content (AvgIpc) is 3.07. The minimum absolute atomic E-state index is 0.201. The van der Waals surface area contributed by atoms with Crippen molar-refractivity contribution in [1.29, 1.82) is 0 Å². The van der Waals surface area contributed by atoms with Gasteiger partial charge in [0.1, 0.15) is 6.61 Å². The largest absolute Gasteiger partial charge is 0.467 e. The van der Waals surface area contributed by atoms with Crippen molar-refractivity contribution in [2.24, 2.45) is 12.2 Å². The molecular formula is C24H24N4O3. The third kappa shape index (κ3) is 3.94. The van der Waals surface area contributed by atoms with Crippen molar-refractivity contribution < 1.29 is 9.57 Å². The molecule has 0 fully saturated rings. The van der Waals surface area contributed by atoms with Crippen LogP contribution in [0.1, 0.15) is 23.6 Å². The maximum absolute atomic E-state index is 12.6. The maximum atomic E-state index is 12.6. The number of oxime groups is 1. The highest BCUT2D eigenvalue weighted by molar-refractivity contribution is 6.01. The van der Waals surface area contributed by atoms with Gasteiger partial charge in [0, 0.05) is 12.6 Å². The predicted molar refractivity (Wildman–Crippen MR) is 121 cm³/mol. The molecule has 0 aliphatic rings. The molecule has 0 saturated heterocycles. The number of aromatic nitrogens is 3. The van der Waals surface area contributed by atoms with Gasteiger partial charge in [-0.2, -0.15) is 0 Å². The zero-order valence-corrected chi connectivity index (χ0v) is 18.0. The second kappa shape index (κ2) is 8.47. The summed E-state index contributed by atoms with van der Waals surface area (Å²) >= 11 is 0. The van der Waals surface area contributed by atoms with Crippen molar-refractivity contribution in [1.82, 2.24) is 14.3 Å². The first-order valence-corrected chi connectivity index (χ1v) is 9.94. The van der Waals surface area contributed by atoms with Crippen LogP contribution in [0, 0.1) is 6.92 Å². The quantitative estimate of drug-likeness (QED) is 0.352. The van der Waals surface area contributed by atoms with Crippen LogP contribution in [0.4, 0.5) is 0 Å². The van der Waals surface area contributed by atoms with Gasteiger partial charge >= 0.3 is 11.7 Å². The van der Waals surface area contributed by atoms with E-state index in [2.05, 4.69) is 34.5 Å². The summed E-state index contributed by atoms with van der Waals surface area (Å²) in [7, 11) is 3.08. The van der Waals surface area contributed by atoms with Gasteiger partial charge in [-0.1, -0.05) is 59.8 Å². The number of rotatable bonds is 6. The number of methoxy groups -OCH3 is 1. The molecule has 0 aliphatic carbocycles. The van der Waals surface area contributed by atoms with E-state index >= 15 is 0 Å². The fourth-order valence-electron chi connectivity index (χ4n) is 3.59. The smallest absolute Gasteiger partial charge is 0.353 e. The summed E-state index contributed by atoms with van der Waals surface area (Å²) in [5.41, 5.74) is 3.89. The first-order chi connectivity index (χ1) is 15.0. The Balaban J connectivity index is 1.62. The molecular weight excluding hydrogens is 392 g/mol. The molecule has 0 amide bonds. The van der Waals surface area contributed by atoms with Crippen LogP contribution < -0.4 is 10.4 Å². The van der Waals surface area contributed by atoms with Gasteiger partial charge in [0.05, 0.1) is 18.5 Å². The van der Waals surface area contributed by atoms with Crippen molar-refractivity contribution in [3.8, 4) is 11.7 Å². The average molecular weight is 416 g/mol. The maximum Gasteiger partial charge on any atom is 0.353 e. The zero-order chi connectivity index (χ0) is 22.0. The molecule has 7 nitrogen and oxygen atoms in total. The Labute approximate surface area is 180 Å². The van der Waals surface area contributed by atoms with Crippen LogP contribution in [0.2, 0.25) is 0 Å².